The van der Waals surface area contributed by atoms with Gasteiger partial charge >= 0.3 is 6.09 Å². The third-order valence-corrected chi connectivity index (χ3v) is 6.10. The normalized spacial score (nSPS) is 20.5. The van der Waals surface area contributed by atoms with Gasteiger partial charge in [-0.25, -0.2) is 13.6 Å². The molecule has 10 heteroatoms. The molecule has 1 aromatic carbocycles. The molecule has 34 heavy (non-hydrogen) atoms. The number of alkyl halides is 2. The van der Waals surface area contributed by atoms with Crippen molar-refractivity contribution >= 4 is 24.2 Å². The summed E-state index contributed by atoms with van der Waals surface area (Å²) in [6.45, 7) is 4.51. The lowest BCUT2D eigenvalue weighted by Gasteiger charge is -2.39. The monoisotopic (exact) mass is 479 g/mol. The van der Waals surface area contributed by atoms with Crippen molar-refractivity contribution in [3.63, 3.8) is 0 Å². The van der Waals surface area contributed by atoms with Crippen molar-refractivity contribution < 1.29 is 32.7 Å². The van der Waals surface area contributed by atoms with Gasteiger partial charge in [-0.05, 0) is 50.8 Å². The number of hydrogen-bond acceptors (Lipinski definition) is 5. The Balaban J connectivity index is 1.78. The Labute approximate surface area is 197 Å². The van der Waals surface area contributed by atoms with Crippen LogP contribution >= 0.6 is 0 Å². The fourth-order valence-corrected chi connectivity index (χ4v) is 4.49. The number of rotatable bonds is 6. The predicted octanol–water partition coefficient (Wildman–Crippen LogP) is 3.10. The Morgan fingerprint density at radius 3 is 2.62 bits per heavy atom. The Morgan fingerprint density at radius 2 is 2.03 bits per heavy atom. The van der Waals surface area contributed by atoms with Crippen LogP contribution in [-0.4, -0.2) is 71.7 Å². The molecule has 0 spiro atoms. The summed E-state index contributed by atoms with van der Waals surface area (Å²) in [6.07, 6.45) is 0.260. The van der Waals surface area contributed by atoms with E-state index in [0.717, 1.165) is 4.90 Å². The molecule has 186 valence electrons. The van der Waals surface area contributed by atoms with E-state index in [1.165, 1.54) is 24.1 Å². The minimum absolute atomic E-state index is 0.0445. The van der Waals surface area contributed by atoms with Gasteiger partial charge in [0.25, 0.3) is 11.8 Å². The van der Waals surface area contributed by atoms with Crippen LogP contribution in [-0.2, 0) is 20.9 Å². The highest BCUT2D eigenvalue weighted by Crippen LogP contribution is 2.42. The molecule has 0 bridgehead atoms. The molecule has 2 heterocycles. The van der Waals surface area contributed by atoms with E-state index in [-0.39, 0.29) is 44.2 Å². The molecule has 1 fully saturated rings. The summed E-state index contributed by atoms with van der Waals surface area (Å²) >= 11 is 0. The standard InChI is InChI=1S/C24H31F2N3O5/c1-23(2,3)34-22(33)28-10-9-18(24(25,26)14-28)15-7-8-17-16(12-15)13-29(21(17)32)19(6-5-11-30)20(31)27-4/h7-8,11-12,18-19H,5-6,9-10,13-14H2,1-4H3,(H,27,31). The highest BCUT2D eigenvalue weighted by molar-refractivity contribution is 6.01. The number of nitrogens with one attached hydrogen (secondary N) is 1. The number of carbonyl (C=O) groups is 4. The molecular formula is C24H31F2N3O5. The van der Waals surface area contributed by atoms with Crippen molar-refractivity contribution in [3.8, 4) is 0 Å². The van der Waals surface area contributed by atoms with Crippen LogP contribution in [0, 0.1) is 0 Å². The molecule has 0 aromatic heterocycles. The second-order valence-electron chi connectivity index (χ2n) is 9.73. The molecule has 8 nitrogen and oxygen atoms in total. The molecule has 0 saturated carbocycles. The van der Waals surface area contributed by atoms with E-state index in [2.05, 4.69) is 5.32 Å². The molecule has 2 aliphatic rings. The number of aldehydes is 1. The van der Waals surface area contributed by atoms with Crippen molar-refractivity contribution in [2.75, 3.05) is 20.1 Å². The molecule has 1 saturated heterocycles. The number of likely N-dealkylation sites (tertiary alicyclic amines) is 1. The first-order valence-corrected chi connectivity index (χ1v) is 11.3. The van der Waals surface area contributed by atoms with Gasteiger partial charge in [0.05, 0.1) is 12.5 Å². The number of fused-ring (bicyclic) bond motifs is 1. The van der Waals surface area contributed by atoms with E-state index in [1.807, 2.05) is 0 Å². The molecule has 3 amide bonds. The Kier molecular flexibility index (Phi) is 7.28. The molecular weight excluding hydrogens is 448 g/mol. The molecule has 2 aliphatic heterocycles. The maximum absolute atomic E-state index is 15.1. The van der Waals surface area contributed by atoms with Crippen LogP contribution in [0.4, 0.5) is 13.6 Å². The van der Waals surface area contributed by atoms with E-state index in [4.69, 9.17) is 4.74 Å². The summed E-state index contributed by atoms with van der Waals surface area (Å²) < 4.78 is 35.4. The van der Waals surface area contributed by atoms with Gasteiger partial charge in [-0.3, -0.25) is 9.59 Å². The Morgan fingerprint density at radius 1 is 1.32 bits per heavy atom. The minimum atomic E-state index is -3.18. The number of hydrogen-bond donors (Lipinski definition) is 1. The van der Waals surface area contributed by atoms with Gasteiger partial charge in [0.1, 0.15) is 17.9 Å². The fraction of sp³-hybridized carbons (Fsp3) is 0.583. The van der Waals surface area contributed by atoms with Crippen LogP contribution in [0.1, 0.15) is 67.4 Å². The van der Waals surface area contributed by atoms with Crippen LogP contribution in [0.25, 0.3) is 0 Å². The van der Waals surface area contributed by atoms with E-state index in [0.29, 0.717) is 23.0 Å². The number of nitrogens with zero attached hydrogens (tertiary/aromatic N) is 2. The number of likely N-dealkylation sites (N-methyl/N-ethyl adjacent to an activating group) is 1. The number of ether oxygens (including phenoxy) is 1. The van der Waals surface area contributed by atoms with Gasteiger partial charge in [0.15, 0.2) is 0 Å². The topological polar surface area (TPSA) is 96.0 Å². The quantitative estimate of drug-likeness (QED) is 0.633. The summed E-state index contributed by atoms with van der Waals surface area (Å²) in [7, 11) is 1.45. The maximum Gasteiger partial charge on any atom is 0.410 e. The number of carbonyl (C=O) groups excluding carboxylic acids is 4. The fourth-order valence-electron chi connectivity index (χ4n) is 4.49. The van der Waals surface area contributed by atoms with Crippen LogP contribution in [0.5, 0.6) is 0 Å². The first-order chi connectivity index (χ1) is 15.9. The third kappa shape index (κ3) is 5.37. The first-order valence-electron chi connectivity index (χ1n) is 11.3. The predicted molar refractivity (Wildman–Crippen MR) is 120 cm³/mol. The van der Waals surface area contributed by atoms with Crippen LogP contribution in [0.2, 0.25) is 0 Å². The van der Waals surface area contributed by atoms with Gasteiger partial charge < -0.3 is 24.6 Å². The van der Waals surface area contributed by atoms with E-state index in [9.17, 15) is 19.2 Å². The number of halogens is 2. The zero-order valence-corrected chi connectivity index (χ0v) is 19.9. The summed E-state index contributed by atoms with van der Waals surface area (Å²) in [6, 6.07) is 3.80. The summed E-state index contributed by atoms with van der Waals surface area (Å²) in [5.74, 6) is -5.05. The minimum Gasteiger partial charge on any atom is -0.444 e. The van der Waals surface area contributed by atoms with Gasteiger partial charge in [-0.15, -0.1) is 0 Å². The molecule has 3 rings (SSSR count). The van der Waals surface area contributed by atoms with E-state index >= 15 is 8.78 Å². The van der Waals surface area contributed by atoms with Crippen LogP contribution < -0.4 is 5.32 Å². The van der Waals surface area contributed by atoms with Crippen LogP contribution in [0.15, 0.2) is 18.2 Å². The van der Waals surface area contributed by atoms with Gasteiger partial charge in [0.2, 0.25) is 5.91 Å². The number of benzene rings is 1. The second kappa shape index (κ2) is 9.68. The molecule has 2 atom stereocenters. The Hall–Kier alpha value is -3.04. The molecule has 1 aromatic rings. The largest absolute Gasteiger partial charge is 0.444 e. The lowest BCUT2D eigenvalue weighted by Crippen LogP contribution is -2.50. The highest BCUT2D eigenvalue weighted by Gasteiger charge is 2.48. The van der Waals surface area contributed by atoms with Crippen molar-refractivity contribution in [3.05, 3.63) is 34.9 Å². The average molecular weight is 480 g/mol. The zero-order chi connectivity index (χ0) is 25.3. The Bertz CT molecular complexity index is 976. The SMILES string of the molecule is CNC(=O)C(CCC=O)N1Cc2cc(C3CCN(C(=O)OC(C)(C)C)CC3(F)F)ccc2C1=O. The summed E-state index contributed by atoms with van der Waals surface area (Å²) in [5.41, 5.74) is 0.526. The molecule has 2 unspecified atom stereocenters. The van der Waals surface area contributed by atoms with E-state index in [1.54, 1.807) is 26.8 Å². The van der Waals surface area contributed by atoms with Crippen molar-refractivity contribution in [2.45, 2.75) is 70.1 Å². The maximum atomic E-state index is 15.1. The lowest BCUT2D eigenvalue weighted by molar-refractivity contribution is -0.125. The number of piperidine rings is 1. The van der Waals surface area contributed by atoms with Crippen molar-refractivity contribution in [1.82, 2.24) is 15.1 Å². The summed E-state index contributed by atoms with van der Waals surface area (Å²) in [4.78, 5) is 50.7. The molecule has 0 radical (unpaired) electrons. The smallest absolute Gasteiger partial charge is 0.410 e. The average Bonchev–Trinajstić information content (AvgIpc) is 3.07. The first kappa shape index (κ1) is 25.6. The van der Waals surface area contributed by atoms with Crippen molar-refractivity contribution in [1.29, 1.82) is 0 Å². The zero-order valence-electron chi connectivity index (χ0n) is 19.9. The molecule has 1 N–H and O–H groups in total. The lowest BCUT2D eigenvalue weighted by atomic mass is 9.85. The highest BCUT2D eigenvalue weighted by atomic mass is 19.3. The van der Waals surface area contributed by atoms with Gasteiger partial charge in [-0.1, -0.05) is 12.1 Å². The van der Waals surface area contributed by atoms with Gasteiger partial charge in [-0.2, -0.15) is 0 Å². The summed E-state index contributed by atoms with van der Waals surface area (Å²) in [5, 5.41) is 2.51. The molecule has 0 aliphatic carbocycles. The third-order valence-electron chi connectivity index (χ3n) is 6.10. The van der Waals surface area contributed by atoms with Crippen LogP contribution in [0.3, 0.4) is 0 Å². The van der Waals surface area contributed by atoms with Crippen molar-refractivity contribution in [2.24, 2.45) is 0 Å². The number of amides is 3. The second-order valence-corrected chi connectivity index (χ2v) is 9.73. The van der Waals surface area contributed by atoms with E-state index < -0.39 is 36.1 Å². The van der Waals surface area contributed by atoms with Gasteiger partial charge in [0, 0.05) is 32.1 Å².